The van der Waals surface area contributed by atoms with Crippen LogP contribution < -0.4 is 0 Å². The molecular weight excluding hydrogens is 496 g/mol. The largest absolute Gasteiger partial charge is 0.394 e. The zero-order valence-corrected chi connectivity index (χ0v) is 21.1. The van der Waals surface area contributed by atoms with E-state index in [9.17, 15) is 20.2 Å². The van der Waals surface area contributed by atoms with Crippen molar-refractivity contribution in [2.45, 2.75) is 12.8 Å². The maximum absolute atomic E-state index is 11.1. The fourth-order valence-electron chi connectivity index (χ4n) is 2.90. The first-order chi connectivity index (χ1) is 18.1. The molecule has 0 amide bonds. The van der Waals surface area contributed by atoms with Crippen LogP contribution in [0.4, 0.5) is 11.4 Å². The van der Waals surface area contributed by atoms with Gasteiger partial charge in [0.2, 0.25) is 0 Å². The molecule has 0 aromatic heterocycles. The molecule has 1 N–H and O–H groups in total. The summed E-state index contributed by atoms with van der Waals surface area (Å²) in [6.07, 6.45) is 0.927. The van der Waals surface area contributed by atoms with E-state index in [4.69, 9.17) is 38.3 Å². The third-order valence-electron chi connectivity index (χ3n) is 4.68. The maximum atomic E-state index is 11.1. The van der Waals surface area contributed by atoms with E-state index in [1.807, 2.05) is 0 Å². The first-order valence-corrected chi connectivity index (χ1v) is 12.1. The first-order valence-electron chi connectivity index (χ1n) is 12.1. The van der Waals surface area contributed by atoms with Gasteiger partial charge in [0.05, 0.1) is 108 Å². The summed E-state index contributed by atoms with van der Waals surface area (Å²) in [6, 6.07) is 3.66. The lowest BCUT2D eigenvalue weighted by atomic mass is 10.1. The summed E-state index contributed by atoms with van der Waals surface area (Å²) in [4.78, 5) is 20.6. The molecule has 1 aromatic carbocycles. The Bertz CT molecular complexity index is 738. The minimum absolute atomic E-state index is 0.00867. The highest BCUT2D eigenvalue weighted by molar-refractivity contribution is 5.49. The van der Waals surface area contributed by atoms with Gasteiger partial charge in [-0.15, -0.1) is 0 Å². The van der Waals surface area contributed by atoms with Gasteiger partial charge in [-0.1, -0.05) is 0 Å². The van der Waals surface area contributed by atoms with E-state index in [-0.39, 0.29) is 18.0 Å². The van der Waals surface area contributed by atoms with Crippen LogP contribution in [0, 0.1) is 20.2 Å². The molecule has 0 saturated heterocycles. The van der Waals surface area contributed by atoms with Crippen molar-refractivity contribution in [2.24, 2.45) is 0 Å². The molecule has 0 radical (unpaired) electrons. The Hall–Kier alpha value is -2.30. The van der Waals surface area contributed by atoms with Crippen molar-refractivity contribution >= 4 is 11.4 Å². The molecule has 0 fully saturated rings. The Labute approximate surface area is 216 Å². The molecule has 1 aromatic rings. The average Bonchev–Trinajstić information content (AvgIpc) is 2.89. The Kier molecular flexibility index (Phi) is 20.2. The number of ether oxygens (including phenoxy) is 7. The van der Waals surface area contributed by atoms with Crippen LogP contribution in [0.25, 0.3) is 0 Å². The molecule has 37 heavy (non-hydrogen) atoms. The number of rotatable bonds is 26. The van der Waals surface area contributed by atoms with Gasteiger partial charge >= 0.3 is 0 Å². The van der Waals surface area contributed by atoms with E-state index in [1.54, 1.807) is 0 Å². The molecule has 0 heterocycles. The predicted molar refractivity (Wildman–Crippen MR) is 131 cm³/mol. The van der Waals surface area contributed by atoms with Gasteiger partial charge in [-0.3, -0.25) is 20.2 Å². The third kappa shape index (κ3) is 17.7. The van der Waals surface area contributed by atoms with Crippen molar-refractivity contribution in [3.05, 3.63) is 44.0 Å². The molecular formula is C23H38N2O12. The number of non-ortho nitro benzene ring substituents is 1. The van der Waals surface area contributed by atoms with Crippen molar-refractivity contribution in [1.82, 2.24) is 0 Å². The smallest absolute Gasteiger partial charge is 0.279 e. The molecule has 0 saturated carbocycles. The highest BCUT2D eigenvalue weighted by atomic mass is 16.6. The zero-order valence-electron chi connectivity index (χ0n) is 21.1. The summed E-state index contributed by atoms with van der Waals surface area (Å²) in [5.74, 6) is 0. The molecule has 0 aliphatic heterocycles. The molecule has 0 spiro atoms. The van der Waals surface area contributed by atoms with Crippen molar-refractivity contribution < 1.29 is 48.1 Å². The fraction of sp³-hybridized carbons (Fsp3) is 0.739. The van der Waals surface area contributed by atoms with Gasteiger partial charge in [-0.2, -0.15) is 0 Å². The summed E-state index contributed by atoms with van der Waals surface area (Å²) < 4.78 is 37.4. The number of aryl methyl sites for hydroxylation is 1. The van der Waals surface area contributed by atoms with Crippen molar-refractivity contribution in [2.75, 3.05) is 99.1 Å². The topological polar surface area (TPSA) is 171 Å². The summed E-state index contributed by atoms with van der Waals surface area (Å²) in [5, 5.41) is 30.5. The zero-order chi connectivity index (χ0) is 27.0. The standard InChI is InChI=1S/C23H38N2O12/c26-5-7-32-9-11-34-13-15-36-17-19-37-18-16-35-14-12-33-10-8-31-6-1-2-21-3-4-22(24(27)28)20-23(21)25(29)30/h3-4,20,26H,1-2,5-19H2. The SMILES string of the molecule is O=[N+]([O-])c1ccc(CCCOCCOCCOCCOCCOCCOCCOCCO)c([N+](=O)[O-])c1. The van der Waals surface area contributed by atoms with Gasteiger partial charge in [0.15, 0.2) is 0 Å². The lowest BCUT2D eigenvalue weighted by molar-refractivity contribution is -0.394. The van der Waals surface area contributed by atoms with Crippen LogP contribution >= 0.6 is 0 Å². The highest BCUT2D eigenvalue weighted by Crippen LogP contribution is 2.25. The molecule has 0 atom stereocenters. The van der Waals surface area contributed by atoms with E-state index >= 15 is 0 Å². The van der Waals surface area contributed by atoms with Crippen LogP contribution in [-0.2, 0) is 39.6 Å². The number of nitro groups is 2. The van der Waals surface area contributed by atoms with Crippen LogP contribution in [0.15, 0.2) is 18.2 Å². The molecule has 0 unspecified atom stereocenters. The van der Waals surface area contributed by atoms with Crippen LogP contribution in [0.3, 0.4) is 0 Å². The van der Waals surface area contributed by atoms with Crippen LogP contribution in [0.1, 0.15) is 12.0 Å². The quantitative estimate of drug-likeness (QED) is 0.103. The normalized spacial score (nSPS) is 11.2. The molecule has 0 bridgehead atoms. The average molecular weight is 535 g/mol. The minimum Gasteiger partial charge on any atom is -0.394 e. The molecule has 1 rings (SSSR count). The van der Waals surface area contributed by atoms with E-state index in [0.717, 1.165) is 6.07 Å². The lowest BCUT2D eigenvalue weighted by Crippen LogP contribution is -2.14. The minimum atomic E-state index is -0.655. The van der Waals surface area contributed by atoms with Crippen LogP contribution in [-0.4, -0.2) is 114 Å². The van der Waals surface area contributed by atoms with Gasteiger partial charge < -0.3 is 38.3 Å². The van der Waals surface area contributed by atoms with E-state index in [0.29, 0.717) is 111 Å². The molecule has 212 valence electrons. The third-order valence-corrected chi connectivity index (χ3v) is 4.68. The maximum Gasteiger partial charge on any atom is 0.279 e. The number of nitro benzene ring substituents is 2. The Morgan fingerprint density at radius 2 is 1.00 bits per heavy atom. The number of hydrogen-bond acceptors (Lipinski definition) is 12. The summed E-state index contributed by atoms with van der Waals surface area (Å²) in [5.41, 5.74) is -0.121. The van der Waals surface area contributed by atoms with Gasteiger partial charge in [0.1, 0.15) is 0 Å². The lowest BCUT2D eigenvalue weighted by Gasteiger charge is -2.08. The number of benzene rings is 1. The van der Waals surface area contributed by atoms with Crippen molar-refractivity contribution in [1.29, 1.82) is 0 Å². The summed E-state index contributed by atoms with van der Waals surface area (Å²) >= 11 is 0. The number of nitrogens with zero attached hydrogens (tertiary/aromatic N) is 2. The monoisotopic (exact) mass is 534 g/mol. The predicted octanol–water partition coefficient (Wildman–Crippen LogP) is 1.54. The molecule has 0 aliphatic carbocycles. The van der Waals surface area contributed by atoms with Crippen LogP contribution in [0.2, 0.25) is 0 Å². The highest BCUT2D eigenvalue weighted by Gasteiger charge is 2.18. The summed E-state index contributed by atoms with van der Waals surface area (Å²) in [7, 11) is 0. The van der Waals surface area contributed by atoms with Gasteiger partial charge in [-0.05, 0) is 18.9 Å². The Morgan fingerprint density at radius 1 is 0.595 bits per heavy atom. The molecule has 14 nitrogen and oxygen atoms in total. The van der Waals surface area contributed by atoms with Crippen molar-refractivity contribution in [3.63, 3.8) is 0 Å². The molecule has 0 aliphatic rings. The molecule has 14 heteroatoms. The number of aliphatic hydroxyl groups excluding tert-OH is 1. The van der Waals surface area contributed by atoms with Gasteiger partial charge in [-0.25, -0.2) is 0 Å². The van der Waals surface area contributed by atoms with Crippen molar-refractivity contribution in [3.8, 4) is 0 Å². The second kappa shape index (κ2) is 22.9. The van der Waals surface area contributed by atoms with E-state index < -0.39 is 9.85 Å². The van der Waals surface area contributed by atoms with E-state index in [2.05, 4.69) is 0 Å². The van der Waals surface area contributed by atoms with E-state index in [1.165, 1.54) is 12.1 Å². The number of aliphatic hydroxyl groups is 1. The summed E-state index contributed by atoms with van der Waals surface area (Å²) in [6.45, 7) is 6.07. The van der Waals surface area contributed by atoms with Crippen LogP contribution in [0.5, 0.6) is 0 Å². The number of hydrogen-bond donors (Lipinski definition) is 1. The Balaban J connectivity index is 1.84. The first kappa shape index (κ1) is 32.7. The van der Waals surface area contributed by atoms with Gasteiger partial charge in [0, 0.05) is 18.2 Å². The fourth-order valence-corrected chi connectivity index (χ4v) is 2.90. The second-order valence-electron chi connectivity index (χ2n) is 7.44. The second-order valence-corrected chi connectivity index (χ2v) is 7.44. The van der Waals surface area contributed by atoms with Gasteiger partial charge in [0.25, 0.3) is 11.4 Å². The Morgan fingerprint density at radius 3 is 1.38 bits per heavy atom.